The van der Waals surface area contributed by atoms with Crippen LogP contribution in [0.2, 0.25) is 15.1 Å². The lowest BCUT2D eigenvalue weighted by Crippen LogP contribution is -2.39. The molecule has 11 aromatic rings. The maximum atomic E-state index is 14.2. The third-order valence-corrected chi connectivity index (χ3v) is 17.6. The average Bonchev–Trinajstić information content (AvgIpc) is 1.74. The number of amides is 3. The molecule has 1 aliphatic heterocycles. The van der Waals surface area contributed by atoms with Crippen molar-refractivity contribution in [3.8, 4) is 34.3 Å². The van der Waals surface area contributed by atoms with Crippen molar-refractivity contribution in [2.75, 3.05) is 7.05 Å². The van der Waals surface area contributed by atoms with Gasteiger partial charge in [0.25, 0.3) is 23.9 Å². The number of halogens is 10. The molecule has 3 amide bonds. The minimum atomic E-state index is -3.73. The van der Waals surface area contributed by atoms with E-state index in [1.807, 2.05) is 82.5 Å². The van der Waals surface area contributed by atoms with Crippen LogP contribution in [-0.4, -0.2) is 98.6 Å². The van der Waals surface area contributed by atoms with Crippen LogP contribution in [0.3, 0.4) is 0 Å². The van der Waals surface area contributed by atoms with E-state index in [1.54, 1.807) is 51.4 Å². The van der Waals surface area contributed by atoms with Gasteiger partial charge in [0.05, 0.1) is 48.5 Å². The molecular weight excluding hydrogens is 1450 g/mol. The number of ether oxygens (including phenoxy) is 3. The summed E-state index contributed by atoms with van der Waals surface area (Å²) in [5.41, 5.74) is 7.02. The fraction of sp³-hybridized carbons (Fsp3) is 0.293. The highest BCUT2D eigenvalue weighted by atomic mass is 35.5. The van der Waals surface area contributed by atoms with Crippen LogP contribution in [0.1, 0.15) is 132 Å². The summed E-state index contributed by atoms with van der Waals surface area (Å²) >= 11 is 19.0. The molecule has 0 bridgehead atoms. The molecule has 12 rings (SSSR count). The molecule has 0 aliphatic carbocycles. The van der Waals surface area contributed by atoms with E-state index >= 15 is 0 Å². The van der Waals surface area contributed by atoms with Gasteiger partial charge in [-0.15, -0.1) is 0 Å². The van der Waals surface area contributed by atoms with E-state index < -0.39 is 71.5 Å². The van der Waals surface area contributed by atoms with Crippen molar-refractivity contribution in [2.45, 2.75) is 132 Å². The molecule has 1 unspecified atom stereocenters. The first-order valence-corrected chi connectivity index (χ1v) is 33.7. The minimum Gasteiger partial charge on any atom is -0.487 e. The number of benzene rings is 6. The summed E-state index contributed by atoms with van der Waals surface area (Å²) < 4.78 is 146. The molecule has 3 N–H and O–H groups in total. The highest BCUT2D eigenvalue weighted by Crippen LogP contribution is 2.39. The van der Waals surface area contributed by atoms with Crippen LogP contribution in [0, 0.1) is 45.1 Å². The number of aliphatic imine (C=N–C) groups is 1. The largest absolute Gasteiger partial charge is 0.487 e. The lowest BCUT2D eigenvalue weighted by molar-refractivity contribution is -0.594. The number of azo groups is 2. The molecule has 1 aliphatic rings. The number of pyridine rings is 3. The number of fused-ring (bicyclic) bond motifs is 3. The van der Waals surface area contributed by atoms with Crippen molar-refractivity contribution in [1.29, 1.82) is 0 Å². The molecular formula is C75H72Cl3F7N15O6+. The summed E-state index contributed by atoms with van der Waals surface area (Å²) in [6, 6.07) is 22.4. The molecule has 106 heavy (non-hydrogen) atoms. The van der Waals surface area contributed by atoms with Crippen LogP contribution < -0.4 is 30.2 Å². The summed E-state index contributed by atoms with van der Waals surface area (Å²) in [6.45, 7) is 13.1. The molecule has 552 valence electrons. The van der Waals surface area contributed by atoms with E-state index in [-0.39, 0.29) is 74.4 Å². The van der Waals surface area contributed by atoms with E-state index in [0.717, 1.165) is 102 Å². The second-order valence-electron chi connectivity index (χ2n) is 24.7. The molecule has 0 saturated heterocycles. The van der Waals surface area contributed by atoms with Gasteiger partial charge < -0.3 is 30.2 Å². The van der Waals surface area contributed by atoms with Gasteiger partial charge in [-0.1, -0.05) is 75.9 Å². The van der Waals surface area contributed by atoms with Crippen molar-refractivity contribution < 1.29 is 68.1 Å². The van der Waals surface area contributed by atoms with Gasteiger partial charge in [-0.25, -0.2) is 56.2 Å². The van der Waals surface area contributed by atoms with E-state index in [0.29, 0.717) is 58.1 Å². The normalized spacial score (nSPS) is 15.4. The number of alkyl halides is 4. The Morgan fingerprint density at radius 3 is 1.44 bits per heavy atom. The predicted molar refractivity (Wildman–Crippen MR) is 388 cm³/mol. The summed E-state index contributed by atoms with van der Waals surface area (Å²) in [5.74, 6) is -7.02. The minimum absolute atomic E-state index is 0.00864. The number of hydrogen-bond acceptors (Lipinski definition) is 15. The Balaban J connectivity index is 0.000000174. The Hall–Kier alpha value is -10.7. The van der Waals surface area contributed by atoms with Gasteiger partial charge in [-0.3, -0.25) is 14.4 Å². The molecule has 5 aromatic heterocycles. The molecule has 6 aromatic carbocycles. The zero-order valence-electron chi connectivity index (χ0n) is 62.1. The zero-order chi connectivity index (χ0) is 79.5. The van der Waals surface area contributed by atoms with Crippen LogP contribution in [0.5, 0.6) is 17.2 Å². The number of rotatable bonds is 21. The quantitative estimate of drug-likeness (QED) is 0.0448. The van der Waals surface area contributed by atoms with E-state index in [2.05, 4.69) is 55.9 Å². The van der Waals surface area contributed by atoms with Gasteiger partial charge in [0, 0.05) is 74.6 Å². The van der Waals surface area contributed by atoms with Gasteiger partial charge >= 0.3 is 5.92 Å². The van der Waals surface area contributed by atoms with Crippen molar-refractivity contribution in [1.82, 2.24) is 60.4 Å². The van der Waals surface area contributed by atoms with Gasteiger partial charge in [-0.05, 0) is 152 Å². The number of para-hydroxylation sites is 3. The number of carbonyl (C=O) groups is 3. The number of nitrogens with zero attached hydrogens (tertiary/aromatic N) is 12. The van der Waals surface area contributed by atoms with Crippen LogP contribution in [-0.2, 0) is 41.3 Å². The van der Waals surface area contributed by atoms with Crippen LogP contribution in [0.4, 0.5) is 30.7 Å². The highest BCUT2D eigenvalue weighted by molar-refractivity contribution is 6.32. The second kappa shape index (κ2) is 33.2. The van der Waals surface area contributed by atoms with E-state index in [9.17, 15) is 45.1 Å². The first kappa shape index (κ1) is 73.6. The van der Waals surface area contributed by atoms with Crippen LogP contribution in [0.15, 0.2) is 132 Å². The number of aryl methyl sites for hydroxylation is 5. The Bertz CT molecular complexity index is 5410. The predicted octanol–water partition coefficient (Wildman–Crippen LogP) is 16.5. The van der Waals surface area contributed by atoms with E-state index in [1.165, 1.54) is 32.8 Å². The summed E-state index contributed by atoms with van der Waals surface area (Å²) in [6.07, 6.45) is 0.439. The fourth-order valence-electron chi connectivity index (χ4n) is 11.4. The maximum Gasteiger partial charge on any atom is 0.321 e. The summed E-state index contributed by atoms with van der Waals surface area (Å²) in [7, 11) is 3.60. The van der Waals surface area contributed by atoms with E-state index in [4.69, 9.17) is 53.1 Å². The topological polar surface area (TPSA) is 243 Å². The van der Waals surface area contributed by atoms with Gasteiger partial charge in [0.1, 0.15) is 89.5 Å². The Kier molecular flexibility index (Phi) is 23.0. The molecule has 0 fully saturated rings. The number of nitrogens with one attached hydrogen (secondary N) is 3. The Morgan fingerprint density at radius 2 is 1.02 bits per heavy atom. The van der Waals surface area contributed by atoms with Crippen LogP contribution in [0.25, 0.3) is 49.8 Å². The number of aromatic nitrogens is 9. The first-order chi connectivity index (χ1) is 51.2. The van der Waals surface area contributed by atoms with Crippen LogP contribution >= 0.6 is 34.8 Å². The fourth-order valence-corrected chi connectivity index (χ4v) is 12.2. The molecule has 31 heteroatoms. The second-order valence-corrected chi connectivity index (χ2v) is 25.9. The van der Waals surface area contributed by atoms with Crippen molar-refractivity contribution in [3.63, 3.8) is 0 Å². The standard InChI is InChI=1S/C25H23ClF3N5O2.2C25H24ClF2N5O2/c1-13-8-18(23-30-12-31-34(23)4)16-6-5-7-21(22(16)32-13)36-11-19-17(9-15(27)10-20(19)26)14(2)33-24(35)25(3,28)29;1-13-8-19(24-29-12-30-33(24)4)17-6-5-7-22(23(17)31-13)35-11-20-18(9-16(28)10-21(20)26)15(3)32-25(34)14(2)27;1-13-8-22(33-16(4)29-12-30-33)18-6-5-7-23(24(18)31-13)35-11-20-19(9-17(28)10-21(20)26)15(3)32-25(34)14(2)27/h5-10,12,14H,11H2,1-4H3,(H,33,35);5-10,12,14-15,24H,11H2,1-4H3;5-10,12,14-15H,11H2,1-4H3,(H,32,34)/p+1/t14-;14-,15+,24?;14-,15-/m010/s1/i14D;2*15D. The number of hydrogen-bond donors (Lipinski definition) is 3. The molecule has 6 heterocycles. The lowest BCUT2D eigenvalue weighted by atomic mass is 10.0. The summed E-state index contributed by atoms with van der Waals surface area (Å²) in [4.78, 5) is 62.6. The Labute approximate surface area is 623 Å². The zero-order valence-corrected chi connectivity index (χ0v) is 61.3. The van der Waals surface area contributed by atoms with Gasteiger partial charge in [0.2, 0.25) is 0 Å². The Morgan fingerprint density at radius 1 is 0.594 bits per heavy atom. The third-order valence-electron chi connectivity index (χ3n) is 16.6. The molecule has 0 saturated carbocycles. The molecule has 6 atom stereocenters. The van der Waals surface area contributed by atoms with Crippen molar-refractivity contribution in [2.24, 2.45) is 17.2 Å². The summed E-state index contributed by atoms with van der Waals surface area (Å²) in [5, 5.41) is 21.4. The van der Waals surface area contributed by atoms with Crippen molar-refractivity contribution in [3.05, 3.63) is 216 Å². The molecule has 21 nitrogen and oxygen atoms in total. The first-order valence-electron chi connectivity index (χ1n) is 34.1. The highest BCUT2D eigenvalue weighted by Gasteiger charge is 2.34. The molecule has 0 spiro atoms. The third kappa shape index (κ3) is 18.0. The van der Waals surface area contributed by atoms with Gasteiger partial charge in [-0.2, -0.15) is 24.0 Å². The molecule has 0 radical (unpaired) electrons. The average molecular weight is 1520 g/mol. The van der Waals surface area contributed by atoms with Crippen molar-refractivity contribution >= 4 is 91.6 Å². The lowest BCUT2D eigenvalue weighted by Gasteiger charge is -2.21. The van der Waals surface area contributed by atoms with Gasteiger partial charge in [0.15, 0.2) is 31.6 Å². The monoisotopic (exact) mass is 1520 g/mol. The number of carbonyl (C=O) groups excluding carboxylic acids is 3. The SMILES string of the molecule is [2H][C@@](C)(NC(=O)C(C)(F)F)c1cc(F)cc(Cl)c1COc1cccc2c(-c3ncnn3C)cc(C)nc12.[2H][C@@](C)(NC(=O)[C@@H](C)F)c1cc(F)cc(Cl)c1COc1cccc2c(C3N=CN=[N+]3C)cc(C)nc12.[2H][C@@](C)(NC(=O)[C@H](C)F)c1cc(F)cc(Cl)c1COc1cccc2c(-n3ncnc3C)cc(C)nc12. The smallest absolute Gasteiger partial charge is 0.321 e. The maximum absolute atomic E-state index is 14.2.